The zero-order valence-corrected chi connectivity index (χ0v) is 34.9. The van der Waals surface area contributed by atoms with E-state index in [0.29, 0.717) is 5.41 Å². The molecule has 0 N–H and O–H groups in total. The van der Waals surface area contributed by atoms with Gasteiger partial charge in [-0.25, -0.2) is 0 Å². The molecule has 4 aromatic carbocycles. The molecule has 0 saturated carbocycles. The fraction of sp³-hybridized carbons (Fsp3) is 0.245. The van der Waals surface area contributed by atoms with E-state index in [4.69, 9.17) is 9.40 Å². The van der Waals surface area contributed by atoms with Crippen molar-refractivity contribution in [2.75, 3.05) is 0 Å². The van der Waals surface area contributed by atoms with E-state index in [1.54, 1.807) is 0 Å². The van der Waals surface area contributed by atoms with Gasteiger partial charge in [0.2, 0.25) is 0 Å². The molecule has 275 valence electrons. The minimum atomic E-state index is 0. The molecule has 0 fully saturated rings. The van der Waals surface area contributed by atoms with Crippen LogP contribution in [0.15, 0.2) is 120 Å². The van der Waals surface area contributed by atoms with Crippen LogP contribution in [-0.4, -0.2) is 15.0 Å². The molecule has 8 aromatic rings. The van der Waals surface area contributed by atoms with Crippen molar-refractivity contribution in [3.8, 4) is 33.6 Å². The Morgan fingerprint density at radius 3 is 2.09 bits per heavy atom. The van der Waals surface area contributed by atoms with Crippen LogP contribution in [0.3, 0.4) is 0 Å². The maximum Gasteiger partial charge on any atom is 0.130 e. The van der Waals surface area contributed by atoms with Gasteiger partial charge in [0.1, 0.15) is 5.58 Å². The first-order valence-corrected chi connectivity index (χ1v) is 18.4. The predicted octanol–water partition coefficient (Wildman–Crippen LogP) is 13.0. The molecular formula is C49H47IrN3O-2. The smallest absolute Gasteiger partial charge is 0.130 e. The second kappa shape index (κ2) is 15.8. The van der Waals surface area contributed by atoms with Gasteiger partial charge in [0.15, 0.2) is 0 Å². The number of hydrogen-bond acceptors (Lipinski definition) is 4. The van der Waals surface area contributed by atoms with Crippen molar-refractivity contribution in [1.29, 1.82) is 0 Å². The van der Waals surface area contributed by atoms with Gasteiger partial charge >= 0.3 is 0 Å². The third-order valence-electron chi connectivity index (χ3n) is 9.36. The summed E-state index contributed by atoms with van der Waals surface area (Å²) in [6.07, 6.45) is 5.93. The van der Waals surface area contributed by atoms with E-state index in [1.807, 2.05) is 55.7 Å². The third-order valence-corrected chi connectivity index (χ3v) is 9.36. The van der Waals surface area contributed by atoms with Crippen molar-refractivity contribution in [3.63, 3.8) is 0 Å². The molecular weight excluding hydrogens is 839 g/mol. The van der Waals surface area contributed by atoms with E-state index in [1.165, 1.54) is 27.8 Å². The second-order valence-corrected chi connectivity index (χ2v) is 16.5. The summed E-state index contributed by atoms with van der Waals surface area (Å²) < 4.78 is 6.45. The van der Waals surface area contributed by atoms with Crippen LogP contribution < -0.4 is 0 Å². The number of nitrogens with zero attached hydrogens (tertiary/aromatic N) is 3. The molecule has 1 radical (unpaired) electrons. The Balaban J connectivity index is 0.000000187. The molecule has 0 aliphatic rings. The fourth-order valence-corrected chi connectivity index (χ4v) is 6.90. The maximum atomic E-state index is 6.45. The van der Waals surface area contributed by atoms with Gasteiger partial charge < -0.3 is 14.4 Å². The number of aromatic nitrogens is 3. The summed E-state index contributed by atoms with van der Waals surface area (Å²) in [6, 6.07) is 42.2. The van der Waals surface area contributed by atoms with Crippen molar-refractivity contribution in [3.05, 3.63) is 150 Å². The summed E-state index contributed by atoms with van der Waals surface area (Å²) >= 11 is 0. The molecule has 4 aromatic heterocycles. The molecule has 0 atom stereocenters. The van der Waals surface area contributed by atoms with Crippen LogP contribution in [0.25, 0.3) is 66.5 Å². The normalized spacial score (nSPS) is 11.7. The van der Waals surface area contributed by atoms with E-state index < -0.39 is 0 Å². The summed E-state index contributed by atoms with van der Waals surface area (Å²) in [5, 5.41) is 3.21. The molecule has 0 bridgehead atoms. The molecule has 0 aliphatic heterocycles. The van der Waals surface area contributed by atoms with Crippen LogP contribution in [0, 0.1) is 36.8 Å². The Morgan fingerprint density at radius 1 is 0.630 bits per heavy atom. The van der Waals surface area contributed by atoms with Crippen LogP contribution in [0.4, 0.5) is 0 Å². The van der Waals surface area contributed by atoms with Gasteiger partial charge in [-0.3, -0.25) is 4.98 Å². The number of pyridine rings is 3. The standard InChI is InChI=1S/C27H25N2O.C22H22N.Ir/c1-16-15-28-24(13-18(16)14-27(3,4)5)21-8-6-7-19-20-11-12-23-22(10-9-17(2)29-23)26(20)30-25(19)21;1-22(2,3)16-17-9-11-18(12-10-17)20-13-14-23-21(15-20)19-7-5-4-6-8-19;/h6-7,9-13,15H,14H2,1-5H3;4-7,9-15H,16H2,1-3H3;/q2*-1;. The predicted molar refractivity (Wildman–Crippen MR) is 221 cm³/mol. The second-order valence-electron chi connectivity index (χ2n) is 16.5. The molecule has 0 aliphatic carbocycles. The van der Waals surface area contributed by atoms with E-state index >= 15 is 0 Å². The molecule has 54 heavy (non-hydrogen) atoms. The molecule has 0 spiro atoms. The minimum absolute atomic E-state index is 0. The van der Waals surface area contributed by atoms with Gasteiger partial charge in [-0.2, -0.15) is 0 Å². The Morgan fingerprint density at radius 2 is 1.37 bits per heavy atom. The number of rotatable bonds is 5. The van der Waals surface area contributed by atoms with Crippen molar-refractivity contribution >= 4 is 32.8 Å². The van der Waals surface area contributed by atoms with Crippen LogP contribution in [0.1, 0.15) is 63.9 Å². The monoisotopic (exact) mass is 886 g/mol. The Kier molecular flexibility index (Phi) is 11.3. The van der Waals surface area contributed by atoms with Crippen LogP contribution in [-0.2, 0) is 32.9 Å². The molecule has 0 amide bonds. The van der Waals surface area contributed by atoms with Crippen molar-refractivity contribution in [2.45, 2.75) is 68.2 Å². The molecule has 4 nitrogen and oxygen atoms in total. The zero-order valence-electron chi connectivity index (χ0n) is 32.5. The first-order valence-electron chi connectivity index (χ1n) is 18.4. The minimum Gasteiger partial charge on any atom is -0.500 e. The quantitative estimate of drug-likeness (QED) is 0.162. The Bertz CT molecular complexity index is 2540. The van der Waals surface area contributed by atoms with Gasteiger partial charge in [-0.05, 0) is 101 Å². The summed E-state index contributed by atoms with van der Waals surface area (Å²) in [4.78, 5) is 13.9. The van der Waals surface area contributed by atoms with Gasteiger partial charge in [-0.15, -0.1) is 54.1 Å². The van der Waals surface area contributed by atoms with Crippen molar-refractivity contribution in [1.82, 2.24) is 15.0 Å². The first kappa shape index (κ1) is 38.8. The number of aryl methyl sites for hydroxylation is 2. The average molecular weight is 886 g/mol. The Hall–Kier alpha value is -4.96. The number of furan rings is 1. The summed E-state index contributed by atoms with van der Waals surface area (Å²) in [7, 11) is 0. The average Bonchev–Trinajstić information content (AvgIpc) is 3.52. The van der Waals surface area contributed by atoms with E-state index in [9.17, 15) is 0 Å². The van der Waals surface area contributed by atoms with Crippen molar-refractivity contribution < 1.29 is 24.5 Å². The van der Waals surface area contributed by atoms with Crippen LogP contribution in [0.2, 0.25) is 0 Å². The van der Waals surface area contributed by atoms with Crippen LogP contribution in [0.5, 0.6) is 0 Å². The van der Waals surface area contributed by atoms with E-state index in [2.05, 4.69) is 137 Å². The molecule has 5 heteroatoms. The summed E-state index contributed by atoms with van der Waals surface area (Å²) in [5.41, 5.74) is 14.3. The topological polar surface area (TPSA) is 51.8 Å². The zero-order chi connectivity index (χ0) is 37.3. The summed E-state index contributed by atoms with van der Waals surface area (Å²) in [6.45, 7) is 17.7. The first-order chi connectivity index (χ1) is 25.3. The van der Waals surface area contributed by atoms with Crippen LogP contribution >= 0.6 is 0 Å². The van der Waals surface area contributed by atoms with Gasteiger partial charge in [-0.1, -0.05) is 94.5 Å². The maximum absolute atomic E-state index is 6.45. The fourth-order valence-electron chi connectivity index (χ4n) is 6.90. The molecule has 8 rings (SSSR count). The van der Waals surface area contributed by atoms with E-state index in [0.717, 1.165) is 73.9 Å². The number of fused-ring (bicyclic) bond motifs is 5. The molecule has 4 heterocycles. The summed E-state index contributed by atoms with van der Waals surface area (Å²) in [5.74, 6) is 0. The Labute approximate surface area is 333 Å². The number of benzene rings is 4. The number of hydrogen-bond donors (Lipinski definition) is 0. The van der Waals surface area contributed by atoms with Gasteiger partial charge in [0.25, 0.3) is 0 Å². The van der Waals surface area contributed by atoms with Gasteiger partial charge in [0, 0.05) is 49.0 Å². The largest absolute Gasteiger partial charge is 0.500 e. The SMILES string of the molecule is CC(C)(C)Cc1ccc(-c2ccnc(-c3[c-]cccc3)c2)cc1.Cc1ccc2c(ccc3c4cc[c-]c(-c5cc(CC(C)(C)C)c(C)cn5)c4oc23)n1.[Ir]. The third kappa shape index (κ3) is 8.87. The van der Waals surface area contributed by atoms with E-state index in [-0.39, 0.29) is 25.5 Å². The molecule has 0 saturated heterocycles. The van der Waals surface area contributed by atoms with Gasteiger partial charge in [0.05, 0.1) is 11.1 Å². The molecule has 0 unspecified atom stereocenters. The van der Waals surface area contributed by atoms with Crippen molar-refractivity contribution in [2.24, 2.45) is 10.8 Å².